The number of carbonyl (C=O) groups excluding carboxylic acids is 1. The van der Waals surface area contributed by atoms with E-state index < -0.39 is 5.97 Å². The summed E-state index contributed by atoms with van der Waals surface area (Å²) in [4.78, 5) is 23.3. The molecule has 0 spiro atoms. The molecule has 1 aromatic carbocycles. The molecule has 0 aliphatic rings. The van der Waals surface area contributed by atoms with Gasteiger partial charge in [0.2, 0.25) is 0 Å². The number of amides is 1. The van der Waals surface area contributed by atoms with Gasteiger partial charge in [-0.1, -0.05) is 31.5 Å². The van der Waals surface area contributed by atoms with Crippen molar-refractivity contribution in [2.45, 2.75) is 52.5 Å². The van der Waals surface area contributed by atoms with Crippen molar-refractivity contribution >= 4 is 11.9 Å². The number of nitrogens with one attached hydrogen (secondary N) is 1. The highest BCUT2D eigenvalue weighted by molar-refractivity contribution is 5.95. The van der Waals surface area contributed by atoms with Gasteiger partial charge in [-0.2, -0.15) is 5.10 Å². The highest BCUT2D eigenvalue weighted by atomic mass is 16.4. The topological polar surface area (TPSA) is 84.2 Å². The molecule has 1 unspecified atom stereocenters. The summed E-state index contributed by atoms with van der Waals surface area (Å²) in [5, 5.41) is 16.0. The molecular formula is C19H25N3O3. The number of aliphatic carboxylic acids is 1. The second-order valence-corrected chi connectivity index (χ2v) is 6.65. The highest BCUT2D eigenvalue weighted by Crippen LogP contribution is 2.23. The number of carboxylic acids is 1. The summed E-state index contributed by atoms with van der Waals surface area (Å²) in [6.07, 6.45) is 2.00. The van der Waals surface area contributed by atoms with Crippen LogP contribution in [-0.4, -0.2) is 32.8 Å². The molecule has 1 aromatic heterocycles. The SMILES string of the molecule is Cc1ccc(-n2ncc(C(=O)NC(C)CCC(=O)O)c2C(C)C)cc1. The zero-order valence-corrected chi connectivity index (χ0v) is 15.1. The van der Waals surface area contributed by atoms with Gasteiger partial charge < -0.3 is 10.4 Å². The van der Waals surface area contributed by atoms with Gasteiger partial charge in [-0.15, -0.1) is 0 Å². The minimum absolute atomic E-state index is 0.0289. The number of aryl methyl sites for hydroxylation is 1. The lowest BCUT2D eigenvalue weighted by Crippen LogP contribution is -2.33. The third-order valence-corrected chi connectivity index (χ3v) is 4.05. The molecule has 1 amide bonds. The van der Waals surface area contributed by atoms with Gasteiger partial charge in [0.1, 0.15) is 0 Å². The second-order valence-electron chi connectivity index (χ2n) is 6.65. The smallest absolute Gasteiger partial charge is 0.303 e. The van der Waals surface area contributed by atoms with Gasteiger partial charge in [0, 0.05) is 12.5 Å². The molecule has 25 heavy (non-hydrogen) atoms. The molecule has 134 valence electrons. The maximum Gasteiger partial charge on any atom is 0.303 e. The first-order chi connectivity index (χ1) is 11.8. The van der Waals surface area contributed by atoms with E-state index >= 15 is 0 Å². The van der Waals surface area contributed by atoms with Gasteiger partial charge in [0.15, 0.2) is 0 Å². The Hall–Kier alpha value is -2.63. The Morgan fingerprint density at radius 3 is 2.40 bits per heavy atom. The number of carbonyl (C=O) groups is 2. The summed E-state index contributed by atoms with van der Waals surface area (Å²) in [6.45, 7) is 7.87. The van der Waals surface area contributed by atoms with Crippen molar-refractivity contribution in [2.75, 3.05) is 0 Å². The van der Waals surface area contributed by atoms with E-state index in [0.29, 0.717) is 12.0 Å². The van der Waals surface area contributed by atoms with E-state index in [1.165, 1.54) is 0 Å². The minimum atomic E-state index is -0.865. The molecule has 0 saturated carbocycles. The van der Waals surface area contributed by atoms with Crippen LogP contribution in [-0.2, 0) is 4.79 Å². The van der Waals surface area contributed by atoms with Gasteiger partial charge in [-0.05, 0) is 38.3 Å². The fraction of sp³-hybridized carbons (Fsp3) is 0.421. The molecule has 0 aliphatic heterocycles. The lowest BCUT2D eigenvalue weighted by Gasteiger charge is -2.15. The molecular weight excluding hydrogens is 318 g/mol. The fourth-order valence-corrected chi connectivity index (χ4v) is 2.69. The van der Waals surface area contributed by atoms with Crippen LogP contribution in [0.3, 0.4) is 0 Å². The lowest BCUT2D eigenvalue weighted by molar-refractivity contribution is -0.137. The third kappa shape index (κ3) is 4.68. The molecule has 2 rings (SSSR count). The van der Waals surface area contributed by atoms with Crippen molar-refractivity contribution in [3.63, 3.8) is 0 Å². The summed E-state index contributed by atoms with van der Waals surface area (Å²) >= 11 is 0. The van der Waals surface area contributed by atoms with Gasteiger partial charge in [0.05, 0.1) is 23.1 Å². The lowest BCUT2D eigenvalue weighted by atomic mass is 10.0. The van der Waals surface area contributed by atoms with Crippen LogP contribution in [0.5, 0.6) is 0 Å². The van der Waals surface area contributed by atoms with Crippen molar-refractivity contribution < 1.29 is 14.7 Å². The second kappa shape index (κ2) is 7.96. The third-order valence-electron chi connectivity index (χ3n) is 4.05. The van der Waals surface area contributed by atoms with Crippen LogP contribution in [0.15, 0.2) is 30.5 Å². The molecule has 0 radical (unpaired) electrons. The molecule has 0 aliphatic carbocycles. The van der Waals surface area contributed by atoms with E-state index in [-0.39, 0.29) is 24.3 Å². The Kier molecular flexibility index (Phi) is 5.96. The molecule has 2 aromatic rings. The zero-order valence-electron chi connectivity index (χ0n) is 15.1. The first kappa shape index (κ1) is 18.7. The summed E-state index contributed by atoms with van der Waals surface area (Å²) in [6, 6.07) is 7.76. The number of rotatable bonds is 7. The van der Waals surface area contributed by atoms with Crippen molar-refractivity contribution in [2.24, 2.45) is 0 Å². The van der Waals surface area contributed by atoms with Crippen LogP contribution in [0.4, 0.5) is 0 Å². The zero-order chi connectivity index (χ0) is 18.6. The quantitative estimate of drug-likeness (QED) is 0.808. The van der Waals surface area contributed by atoms with Crippen molar-refractivity contribution in [1.82, 2.24) is 15.1 Å². The average Bonchev–Trinajstić information content (AvgIpc) is 2.99. The van der Waals surface area contributed by atoms with Crippen LogP contribution in [0.1, 0.15) is 61.1 Å². The maximum atomic E-state index is 12.6. The van der Waals surface area contributed by atoms with E-state index in [1.807, 2.05) is 45.0 Å². The van der Waals surface area contributed by atoms with Crippen LogP contribution >= 0.6 is 0 Å². The van der Waals surface area contributed by atoms with E-state index in [0.717, 1.165) is 16.9 Å². The Labute approximate surface area is 147 Å². The van der Waals surface area contributed by atoms with Gasteiger partial charge >= 0.3 is 5.97 Å². The summed E-state index contributed by atoms with van der Waals surface area (Å²) in [5.41, 5.74) is 3.43. The first-order valence-corrected chi connectivity index (χ1v) is 8.47. The fourth-order valence-electron chi connectivity index (χ4n) is 2.69. The standard InChI is InChI=1S/C19H25N3O3/c1-12(2)18-16(19(25)21-14(4)7-10-17(23)24)11-20-22(18)15-8-5-13(3)6-9-15/h5-6,8-9,11-12,14H,7,10H2,1-4H3,(H,21,25)(H,23,24). The van der Waals surface area contributed by atoms with E-state index in [1.54, 1.807) is 17.8 Å². The van der Waals surface area contributed by atoms with E-state index in [4.69, 9.17) is 5.11 Å². The predicted molar refractivity (Wildman–Crippen MR) is 96.2 cm³/mol. The number of benzene rings is 1. The van der Waals surface area contributed by atoms with Crippen molar-refractivity contribution in [3.05, 3.63) is 47.3 Å². The molecule has 0 bridgehead atoms. The van der Waals surface area contributed by atoms with Gasteiger partial charge in [0.25, 0.3) is 5.91 Å². The molecule has 1 heterocycles. The van der Waals surface area contributed by atoms with Gasteiger partial charge in [-0.25, -0.2) is 4.68 Å². The summed E-state index contributed by atoms with van der Waals surface area (Å²) in [5.74, 6) is -0.977. The highest BCUT2D eigenvalue weighted by Gasteiger charge is 2.22. The van der Waals surface area contributed by atoms with Crippen LogP contribution in [0.2, 0.25) is 0 Å². The normalized spacial score (nSPS) is 12.2. The Balaban J connectivity index is 2.25. The number of aromatic nitrogens is 2. The predicted octanol–water partition coefficient (Wildman–Crippen LogP) is 3.29. The molecule has 2 N–H and O–H groups in total. The van der Waals surface area contributed by atoms with E-state index in [9.17, 15) is 9.59 Å². The average molecular weight is 343 g/mol. The maximum absolute atomic E-state index is 12.6. The molecule has 6 heteroatoms. The monoisotopic (exact) mass is 343 g/mol. The largest absolute Gasteiger partial charge is 0.481 e. The summed E-state index contributed by atoms with van der Waals surface area (Å²) in [7, 11) is 0. The van der Waals surface area contributed by atoms with Gasteiger partial charge in [-0.3, -0.25) is 9.59 Å². The Morgan fingerprint density at radius 1 is 1.20 bits per heavy atom. The first-order valence-electron chi connectivity index (χ1n) is 8.47. The Bertz CT molecular complexity index is 748. The molecule has 0 fully saturated rings. The number of nitrogens with zero attached hydrogens (tertiary/aromatic N) is 2. The number of hydrogen-bond donors (Lipinski definition) is 2. The van der Waals surface area contributed by atoms with E-state index in [2.05, 4.69) is 10.4 Å². The number of carboxylic acid groups (broad SMARTS) is 1. The van der Waals surface area contributed by atoms with Crippen LogP contribution < -0.4 is 5.32 Å². The minimum Gasteiger partial charge on any atom is -0.481 e. The van der Waals surface area contributed by atoms with Crippen molar-refractivity contribution in [3.8, 4) is 5.69 Å². The molecule has 0 saturated heterocycles. The summed E-state index contributed by atoms with van der Waals surface area (Å²) < 4.78 is 1.79. The molecule has 6 nitrogen and oxygen atoms in total. The Morgan fingerprint density at radius 2 is 1.84 bits per heavy atom. The number of hydrogen-bond acceptors (Lipinski definition) is 3. The molecule has 1 atom stereocenters. The van der Waals surface area contributed by atoms with Crippen LogP contribution in [0.25, 0.3) is 5.69 Å². The van der Waals surface area contributed by atoms with Crippen LogP contribution in [0, 0.1) is 6.92 Å². The van der Waals surface area contributed by atoms with Crippen molar-refractivity contribution in [1.29, 1.82) is 0 Å².